The van der Waals surface area contributed by atoms with E-state index < -0.39 is 36.3 Å². The molecule has 9 nitrogen and oxygen atoms in total. The summed E-state index contributed by atoms with van der Waals surface area (Å²) in [4.78, 5) is 61.5. The van der Waals surface area contributed by atoms with Crippen molar-refractivity contribution >= 4 is 35.3 Å². The van der Waals surface area contributed by atoms with Crippen LogP contribution in [-0.4, -0.2) is 54.8 Å². The largest absolute Gasteiger partial charge is 0.465 e. The van der Waals surface area contributed by atoms with Crippen LogP contribution >= 0.6 is 0 Å². The number of nitrogens with zero attached hydrogens (tertiary/aromatic N) is 1. The van der Waals surface area contributed by atoms with Crippen molar-refractivity contribution in [3.05, 3.63) is 64.7 Å². The Morgan fingerprint density at radius 2 is 1.71 bits per heavy atom. The van der Waals surface area contributed by atoms with Gasteiger partial charge < -0.3 is 14.8 Å². The molecule has 31 heavy (non-hydrogen) atoms. The molecule has 0 aromatic heterocycles. The summed E-state index contributed by atoms with van der Waals surface area (Å²) in [6, 6.07) is 11.2. The Morgan fingerprint density at radius 3 is 2.45 bits per heavy atom. The number of rotatable bonds is 7. The maximum Gasteiger partial charge on any atom is 0.339 e. The lowest BCUT2D eigenvalue weighted by Gasteiger charge is -2.13. The first-order valence-electron chi connectivity index (χ1n) is 9.41. The summed E-state index contributed by atoms with van der Waals surface area (Å²) in [5.74, 6) is -2.95. The number of esters is 2. The Hall–Kier alpha value is -4.01. The molecule has 0 saturated carbocycles. The third-order valence-electron chi connectivity index (χ3n) is 4.64. The third-order valence-corrected chi connectivity index (χ3v) is 4.64. The molecule has 0 bridgehead atoms. The van der Waals surface area contributed by atoms with E-state index in [-0.39, 0.29) is 24.2 Å². The van der Waals surface area contributed by atoms with Gasteiger partial charge in [-0.05, 0) is 31.2 Å². The number of aryl methyl sites for hydroxylation is 1. The van der Waals surface area contributed by atoms with Crippen LogP contribution in [0.1, 0.15) is 43.1 Å². The summed E-state index contributed by atoms with van der Waals surface area (Å²) in [5.41, 5.74) is 1.83. The standard InChI is InChI=1S/C22H20N2O7/c1-13-7-8-14-16(11-13)21(28)24(20(14)27)10-9-19(26)31-12-18(25)23-17-6-4-3-5-15(17)22(29)30-2/h3-8,11H,9-10,12H2,1-2H3,(H,23,25). The van der Waals surface area contributed by atoms with Crippen molar-refractivity contribution < 1.29 is 33.4 Å². The van der Waals surface area contributed by atoms with Gasteiger partial charge in [0.25, 0.3) is 17.7 Å². The molecule has 0 spiro atoms. The lowest BCUT2D eigenvalue weighted by molar-refractivity contribution is -0.147. The Morgan fingerprint density at radius 1 is 1.00 bits per heavy atom. The van der Waals surface area contributed by atoms with Gasteiger partial charge in [-0.1, -0.05) is 23.8 Å². The number of nitrogens with one attached hydrogen (secondary N) is 1. The number of anilines is 1. The first kappa shape index (κ1) is 21.7. The molecule has 2 aromatic rings. The molecular weight excluding hydrogens is 404 g/mol. The summed E-state index contributed by atoms with van der Waals surface area (Å²) in [6.07, 6.45) is -0.253. The molecule has 9 heteroatoms. The normalized spacial score (nSPS) is 12.4. The number of ether oxygens (including phenoxy) is 2. The van der Waals surface area contributed by atoms with Crippen LogP contribution in [0, 0.1) is 6.92 Å². The molecule has 3 rings (SSSR count). The minimum absolute atomic E-state index is 0.156. The lowest BCUT2D eigenvalue weighted by atomic mass is 10.1. The van der Waals surface area contributed by atoms with Gasteiger partial charge in [0.1, 0.15) is 0 Å². The van der Waals surface area contributed by atoms with Gasteiger partial charge in [-0.3, -0.25) is 24.1 Å². The summed E-state index contributed by atoms with van der Waals surface area (Å²) < 4.78 is 9.56. The second-order valence-corrected chi connectivity index (χ2v) is 6.81. The summed E-state index contributed by atoms with van der Waals surface area (Å²) >= 11 is 0. The minimum Gasteiger partial charge on any atom is -0.465 e. The number of benzene rings is 2. The maximum absolute atomic E-state index is 12.4. The highest BCUT2D eigenvalue weighted by Gasteiger charge is 2.35. The molecule has 0 radical (unpaired) electrons. The molecule has 0 fully saturated rings. The van der Waals surface area contributed by atoms with E-state index in [9.17, 15) is 24.0 Å². The Bertz CT molecular complexity index is 1080. The Balaban J connectivity index is 1.50. The van der Waals surface area contributed by atoms with Crippen LogP contribution in [0.2, 0.25) is 0 Å². The highest BCUT2D eigenvalue weighted by molar-refractivity contribution is 6.21. The third kappa shape index (κ3) is 4.77. The van der Waals surface area contributed by atoms with Crippen molar-refractivity contribution in [1.82, 2.24) is 4.90 Å². The molecule has 0 atom stereocenters. The van der Waals surface area contributed by atoms with E-state index in [0.29, 0.717) is 11.1 Å². The highest BCUT2D eigenvalue weighted by atomic mass is 16.5. The van der Waals surface area contributed by atoms with Gasteiger partial charge in [0.15, 0.2) is 6.61 Å². The number of carbonyl (C=O) groups is 5. The van der Waals surface area contributed by atoms with Gasteiger partial charge in [-0.25, -0.2) is 4.79 Å². The van der Waals surface area contributed by atoms with E-state index >= 15 is 0 Å². The van der Waals surface area contributed by atoms with Crippen molar-refractivity contribution in [1.29, 1.82) is 0 Å². The summed E-state index contributed by atoms with van der Waals surface area (Å²) in [7, 11) is 1.22. The van der Waals surface area contributed by atoms with E-state index in [1.165, 1.54) is 19.2 Å². The number of methoxy groups -OCH3 is 1. The van der Waals surface area contributed by atoms with E-state index in [2.05, 4.69) is 10.1 Å². The van der Waals surface area contributed by atoms with Gasteiger partial charge in [0.2, 0.25) is 0 Å². The molecule has 3 amide bonds. The predicted molar refractivity (Wildman–Crippen MR) is 109 cm³/mol. The number of para-hydroxylation sites is 1. The van der Waals surface area contributed by atoms with Gasteiger partial charge >= 0.3 is 11.9 Å². The molecule has 0 aliphatic carbocycles. The van der Waals surface area contributed by atoms with Crippen molar-refractivity contribution in [2.45, 2.75) is 13.3 Å². The molecular formula is C22H20N2O7. The fraction of sp³-hybridized carbons (Fsp3) is 0.227. The second kappa shape index (κ2) is 9.21. The molecule has 2 aromatic carbocycles. The number of imide groups is 1. The van der Waals surface area contributed by atoms with Gasteiger partial charge in [-0.2, -0.15) is 0 Å². The number of amides is 3. The zero-order valence-corrected chi connectivity index (χ0v) is 17.0. The molecule has 0 unspecified atom stereocenters. The van der Waals surface area contributed by atoms with Crippen molar-refractivity contribution in [2.24, 2.45) is 0 Å². The molecule has 1 aliphatic heterocycles. The van der Waals surface area contributed by atoms with Crippen LogP contribution in [0.25, 0.3) is 0 Å². The number of carbonyl (C=O) groups excluding carboxylic acids is 5. The smallest absolute Gasteiger partial charge is 0.339 e. The van der Waals surface area contributed by atoms with Gasteiger partial charge in [0.05, 0.1) is 35.9 Å². The summed E-state index contributed by atoms with van der Waals surface area (Å²) in [5, 5.41) is 2.47. The fourth-order valence-corrected chi connectivity index (χ4v) is 3.10. The monoisotopic (exact) mass is 424 g/mol. The SMILES string of the molecule is COC(=O)c1ccccc1NC(=O)COC(=O)CCN1C(=O)c2ccc(C)cc2C1=O. The zero-order valence-electron chi connectivity index (χ0n) is 17.0. The van der Waals surface area contributed by atoms with E-state index in [1.807, 2.05) is 6.92 Å². The maximum atomic E-state index is 12.4. The molecule has 0 saturated heterocycles. The fourth-order valence-electron chi connectivity index (χ4n) is 3.10. The van der Waals surface area contributed by atoms with Gasteiger partial charge in [0, 0.05) is 6.54 Å². The quantitative estimate of drug-likeness (QED) is 0.533. The first-order valence-corrected chi connectivity index (χ1v) is 9.41. The molecule has 1 aliphatic rings. The average molecular weight is 424 g/mol. The Labute approximate surface area is 177 Å². The predicted octanol–water partition coefficient (Wildman–Crippen LogP) is 1.95. The number of fused-ring (bicyclic) bond motifs is 1. The van der Waals surface area contributed by atoms with E-state index in [0.717, 1.165) is 10.5 Å². The van der Waals surface area contributed by atoms with Gasteiger partial charge in [-0.15, -0.1) is 0 Å². The van der Waals surface area contributed by atoms with E-state index in [4.69, 9.17) is 4.74 Å². The van der Waals surface area contributed by atoms with Crippen molar-refractivity contribution in [3.8, 4) is 0 Å². The van der Waals surface area contributed by atoms with Crippen LogP contribution in [0.15, 0.2) is 42.5 Å². The Kier molecular flexibility index (Phi) is 6.44. The van der Waals surface area contributed by atoms with Crippen LogP contribution in [-0.2, 0) is 19.1 Å². The van der Waals surface area contributed by atoms with Crippen LogP contribution in [0.3, 0.4) is 0 Å². The number of hydrogen-bond donors (Lipinski definition) is 1. The molecule has 1 N–H and O–H groups in total. The van der Waals surface area contributed by atoms with Crippen LogP contribution in [0.4, 0.5) is 5.69 Å². The minimum atomic E-state index is -0.746. The van der Waals surface area contributed by atoms with Crippen LogP contribution in [0.5, 0.6) is 0 Å². The van der Waals surface area contributed by atoms with E-state index in [1.54, 1.807) is 30.3 Å². The van der Waals surface area contributed by atoms with Crippen LogP contribution < -0.4 is 5.32 Å². The van der Waals surface area contributed by atoms with Crippen molar-refractivity contribution in [2.75, 3.05) is 25.6 Å². The zero-order chi connectivity index (χ0) is 22.5. The van der Waals surface area contributed by atoms with Crippen molar-refractivity contribution in [3.63, 3.8) is 0 Å². The highest BCUT2D eigenvalue weighted by Crippen LogP contribution is 2.24. The topological polar surface area (TPSA) is 119 Å². The lowest BCUT2D eigenvalue weighted by Crippen LogP contribution is -2.32. The average Bonchev–Trinajstić information content (AvgIpc) is 2.99. The molecule has 1 heterocycles. The number of hydrogen-bond acceptors (Lipinski definition) is 7. The first-order chi connectivity index (χ1) is 14.8. The molecule has 160 valence electrons. The summed E-state index contributed by atoms with van der Waals surface area (Å²) in [6.45, 7) is 1.07. The second-order valence-electron chi connectivity index (χ2n) is 6.81.